The summed E-state index contributed by atoms with van der Waals surface area (Å²) in [6.45, 7) is 0.849. The van der Waals surface area contributed by atoms with Crippen LogP contribution in [-0.4, -0.2) is 25.9 Å². The zero-order chi connectivity index (χ0) is 14.8. The third-order valence-corrected chi connectivity index (χ3v) is 3.46. The highest BCUT2D eigenvalue weighted by Crippen LogP contribution is 2.40. The number of nitrogens with zero attached hydrogens (tertiary/aromatic N) is 2. The first kappa shape index (κ1) is 13.8. The molecule has 0 unspecified atom stereocenters. The Morgan fingerprint density at radius 2 is 2.19 bits per heavy atom. The first-order chi connectivity index (χ1) is 10.1. The molecule has 21 heavy (non-hydrogen) atoms. The topological polar surface area (TPSA) is 46.6 Å². The quantitative estimate of drug-likeness (QED) is 0.940. The van der Waals surface area contributed by atoms with Gasteiger partial charge in [0.1, 0.15) is 0 Å². The Bertz CT molecular complexity index is 661. The van der Waals surface area contributed by atoms with Gasteiger partial charge in [0.25, 0.3) is 0 Å². The number of hydrogen-bond donors (Lipinski definition) is 1. The highest BCUT2D eigenvalue weighted by atomic mass is 35.5. The second kappa shape index (κ2) is 5.69. The average Bonchev–Trinajstić information content (AvgIpc) is 2.94. The van der Waals surface area contributed by atoms with Crippen molar-refractivity contribution >= 4 is 23.1 Å². The lowest BCUT2D eigenvalue weighted by molar-refractivity contribution is 0.174. The molecule has 2 aromatic rings. The van der Waals surface area contributed by atoms with Gasteiger partial charge in [0.05, 0.1) is 10.7 Å². The second-order valence-electron chi connectivity index (χ2n) is 4.93. The van der Waals surface area contributed by atoms with Gasteiger partial charge in [-0.05, 0) is 29.8 Å². The van der Waals surface area contributed by atoms with E-state index in [2.05, 4.69) is 10.3 Å². The van der Waals surface area contributed by atoms with E-state index in [0.717, 1.165) is 17.1 Å². The molecule has 1 aliphatic rings. The third kappa shape index (κ3) is 2.83. The van der Waals surface area contributed by atoms with Crippen molar-refractivity contribution < 1.29 is 9.47 Å². The van der Waals surface area contributed by atoms with Crippen LogP contribution in [0.5, 0.6) is 11.5 Å². The molecule has 2 heterocycles. The van der Waals surface area contributed by atoms with Crippen LogP contribution >= 0.6 is 11.6 Å². The number of halogens is 1. The molecule has 5 nitrogen and oxygen atoms in total. The lowest BCUT2D eigenvalue weighted by Crippen LogP contribution is -2.13. The van der Waals surface area contributed by atoms with E-state index in [1.807, 2.05) is 43.3 Å². The van der Waals surface area contributed by atoms with E-state index in [1.54, 1.807) is 6.20 Å². The van der Waals surface area contributed by atoms with Crippen LogP contribution in [-0.2, 0) is 6.54 Å². The summed E-state index contributed by atoms with van der Waals surface area (Å²) in [7, 11) is 3.93. The molecule has 6 heteroatoms. The van der Waals surface area contributed by atoms with Crippen molar-refractivity contribution in [2.75, 3.05) is 31.1 Å². The van der Waals surface area contributed by atoms with E-state index in [1.165, 1.54) is 0 Å². The summed E-state index contributed by atoms with van der Waals surface area (Å²) in [4.78, 5) is 6.33. The van der Waals surface area contributed by atoms with Gasteiger partial charge in [-0.1, -0.05) is 11.6 Å². The van der Waals surface area contributed by atoms with Crippen molar-refractivity contribution in [1.82, 2.24) is 4.98 Å². The van der Waals surface area contributed by atoms with Gasteiger partial charge in [-0.25, -0.2) is 4.98 Å². The van der Waals surface area contributed by atoms with Gasteiger partial charge in [-0.3, -0.25) is 0 Å². The molecule has 0 aliphatic carbocycles. The number of pyridine rings is 1. The van der Waals surface area contributed by atoms with E-state index in [0.29, 0.717) is 23.1 Å². The number of ether oxygens (including phenoxy) is 2. The zero-order valence-corrected chi connectivity index (χ0v) is 12.6. The number of anilines is 2. The van der Waals surface area contributed by atoms with E-state index in [9.17, 15) is 0 Å². The SMILES string of the molecule is CN(C)c1ncccc1NCc1cc(Cl)c2c(c1)OCO2. The lowest BCUT2D eigenvalue weighted by atomic mass is 10.2. The van der Waals surface area contributed by atoms with Gasteiger partial charge in [-0.15, -0.1) is 0 Å². The Balaban J connectivity index is 1.78. The molecule has 0 radical (unpaired) electrons. The number of fused-ring (bicyclic) bond motifs is 1. The van der Waals surface area contributed by atoms with Crippen molar-refractivity contribution in [3.8, 4) is 11.5 Å². The molecule has 0 amide bonds. The van der Waals surface area contributed by atoms with Crippen molar-refractivity contribution in [2.24, 2.45) is 0 Å². The average molecular weight is 306 g/mol. The predicted molar refractivity (Wildman–Crippen MR) is 83.5 cm³/mol. The van der Waals surface area contributed by atoms with Crippen LogP contribution in [0.3, 0.4) is 0 Å². The number of benzene rings is 1. The van der Waals surface area contributed by atoms with Gasteiger partial charge in [0.2, 0.25) is 6.79 Å². The predicted octanol–water partition coefficient (Wildman–Crippen LogP) is 3.14. The van der Waals surface area contributed by atoms with E-state index in [-0.39, 0.29) is 6.79 Å². The maximum absolute atomic E-state index is 6.18. The molecule has 0 spiro atoms. The van der Waals surface area contributed by atoms with Crippen LogP contribution in [0.4, 0.5) is 11.5 Å². The molecule has 1 N–H and O–H groups in total. The Labute approximate surface area is 128 Å². The molecule has 0 bridgehead atoms. The summed E-state index contributed by atoms with van der Waals surface area (Å²) in [6, 6.07) is 7.72. The maximum Gasteiger partial charge on any atom is 0.231 e. The first-order valence-electron chi connectivity index (χ1n) is 6.59. The van der Waals surface area contributed by atoms with Crippen molar-refractivity contribution in [2.45, 2.75) is 6.54 Å². The highest BCUT2D eigenvalue weighted by Gasteiger charge is 2.18. The first-order valence-corrected chi connectivity index (χ1v) is 6.97. The summed E-state index contributed by atoms with van der Waals surface area (Å²) >= 11 is 6.18. The summed E-state index contributed by atoms with van der Waals surface area (Å²) in [5, 5.41) is 3.94. The zero-order valence-electron chi connectivity index (χ0n) is 11.9. The summed E-state index contributed by atoms with van der Waals surface area (Å²) in [5.74, 6) is 2.21. The molecular weight excluding hydrogens is 290 g/mol. The smallest absolute Gasteiger partial charge is 0.231 e. The molecular formula is C15H16ClN3O2. The fourth-order valence-corrected chi connectivity index (χ4v) is 2.50. The van der Waals surface area contributed by atoms with E-state index in [4.69, 9.17) is 21.1 Å². The molecule has 0 fully saturated rings. The molecule has 0 saturated carbocycles. The third-order valence-electron chi connectivity index (χ3n) is 3.18. The normalized spacial score (nSPS) is 12.3. The van der Waals surface area contributed by atoms with Gasteiger partial charge in [0.15, 0.2) is 17.3 Å². The van der Waals surface area contributed by atoms with E-state index < -0.39 is 0 Å². The summed E-state index contributed by atoms with van der Waals surface area (Å²) in [6.07, 6.45) is 1.78. The fraction of sp³-hybridized carbons (Fsp3) is 0.267. The standard InChI is InChI=1S/C15H16ClN3O2/c1-19(2)15-12(4-3-5-17-15)18-8-10-6-11(16)14-13(7-10)20-9-21-14/h3-7,18H,8-9H2,1-2H3. The second-order valence-corrected chi connectivity index (χ2v) is 5.34. The van der Waals surface area contributed by atoms with Crippen LogP contribution in [0, 0.1) is 0 Å². The Kier molecular flexibility index (Phi) is 3.75. The van der Waals surface area contributed by atoms with Gasteiger partial charge < -0.3 is 19.7 Å². The number of rotatable bonds is 4. The lowest BCUT2D eigenvalue weighted by Gasteiger charge is -2.17. The van der Waals surface area contributed by atoms with Gasteiger partial charge >= 0.3 is 0 Å². The summed E-state index contributed by atoms with van der Waals surface area (Å²) < 4.78 is 10.7. The molecule has 110 valence electrons. The molecule has 0 saturated heterocycles. The van der Waals surface area contributed by atoms with Crippen LogP contribution in [0.1, 0.15) is 5.56 Å². The molecule has 3 rings (SSSR count). The largest absolute Gasteiger partial charge is 0.454 e. The minimum absolute atomic E-state index is 0.222. The molecule has 0 atom stereocenters. The Hall–Kier alpha value is -2.14. The van der Waals surface area contributed by atoms with E-state index >= 15 is 0 Å². The number of nitrogens with one attached hydrogen (secondary N) is 1. The number of hydrogen-bond acceptors (Lipinski definition) is 5. The molecule has 1 aromatic heterocycles. The van der Waals surface area contributed by atoms with Crippen LogP contribution < -0.4 is 19.7 Å². The fourth-order valence-electron chi connectivity index (χ4n) is 2.21. The van der Waals surface area contributed by atoms with Crippen LogP contribution in [0.15, 0.2) is 30.5 Å². The Morgan fingerprint density at radius 1 is 1.33 bits per heavy atom. The monoisotopic (exact) mass is 305 g/mol. The minimum atomic E-state index is 0.222. The molecule has 1 aromatic carbocycles. The van der Waals surface area contributed by atoms with Gasteiger partial charge in [-0.2, -0.15) is 0 Å². The summed E-state index contributed by atoms with van der Waals surface area (Å²) in [5.41, 5.74) is 1.99. The van der Waals surface area contributed by atoms with Crippen LogP contribution in [0.25, 0.3) is 0 Å². The highest BCUT2D eigenvalue weighted by molar-refractivity contribution is 6.32. The van der Waals surface area contributed by atoms with Crippen molar-refractivity contribution in [3.05, 3.63) is 41.0 Å². The van der Waals surface area contributed by atoms with Gasteiger partial charge in [0, 0.05) is 26.8 Å². The van der Waals surface area contributed by atoms with Crippen molar-refractivity contribution in [1.29, 1.82) is 0 Å². The van der Waals surface area contributed by atoms with Crippen molar-refractivity contribution in [3.63, 3.8) is 0 Å². The Morgan fingerprint density at radius 3 is 3.00 bits per heavy atom. The van der Waals surface area contributed by atoms with Crippen LogP contribution in [0.2, 0.25) is 5.02 Å². The molecule has 1 aliphatic heterocycles. The number of aromatic nitrogens is 1. The maximum atomic E-state index is 6.18. The minimum Gasteiger partial charge on any atom is -0.454 e.